The first-order chi connectivity index (χ1) is 21.6. The third-order valence-corrected chi connectivity index (χ3v) is 9.30. The Morgan fingerprint density at radius 3 is 2.49 bits per heavy atom. The maximum Gasteiger partial charge on any atom is 0.293 e. The Labute approximate surface area is 266 Å². The Balaban J connectivity index is 1.11. The summed E-state index contributed by atoms with van der Waals surface area (Å²) in [7, 11) is 1.90. The van der Waals surface area contributed by atoms with E-state index in [1.807, 2.05) is 48.4 Å². The second-order valence-corrected chi connectivity index (χ2v) is 12.5. The molecule has 45 heavy (non-hydrogen) atoms. The number of piperidine rings is 1. The first-order valence-corrected chi connectivity index (χ1v) is 15.9. The number of carbonyl (C=O) groups is 2. The van der Waals surface area contributed by atoms with Gasteiger partial charge < -0.3 is 10.0 Å². The molecule has 2 amide bonds. The first-order valence-electron chi connectivity index (χ1n) is 15.1. The van der Waals surface area contributed by atoms with E-state index in [-0.39, 0.29) is 42.4 Å². The second kappa shape index (κ2) is 14.6. The van der Waals surface area contributed by atoms with Gasteiger partial charge in [-0.2, -0.15) is 5.10 Å². The van der Waals surface area contributed by atoms with Gasteiger partial charge in [-0.05, 0) is 74.4 Å². The second-order valence-electron chi connectivity index (χ2n) is 11.6. The minimum absolute atomic E-state index is 0.00966. The molecule has 1 unspecified atom stereocenters. The molecular formula is C33H38F2N6O3S. The zero-order valence-corrected chi connectivity index (χ0v) is 26.3. The third kappa shape index (κ3) is 8.12. The molecule has 2 saturated heterocycles. The van der Waals surface area contributed by atoms with E-state index in [2.05, 4.69) is 21.9 Å². The summed E-state index contributed by atoms with van der Waals surface area (Å²) >= 11 is 0.966. The van der Waals surface area contributed by atoms with E-state index < -0.39 is 17.2 Å². The summed E-state index contributed by atoms with van der Waals surface area (Å²) in [5.41, 5.74) is 0.462. The lowest BCUT2D eigenvalue weighted by Gasteiger charge is -2.40. The van der Waals surface area contributed by atoms with Crippen molar-refractivity contribution in [2.45, 2.75) is 44.4 Å². The fourth-order valence-electron chi connectivity index (χ4n) is 5.82. The van der Waals surface area contributed by atoms with E-state index in [1.54, 1.807) is 6.08 Å². The van der Waals surface area contributed by atoms with Crippen molar-refractivity contribution in [2.24, 2.45) is 0 Å². The summed E-state index contributed by atoms with van der Waals surface area (Å²) in [5.74, 6) is -1.79. The molecular weight excluding hydrogens is 598 g/mol. The molecule has 0 bridgehead atoms. The standard InChI is InChI=1S/C33H38F2N6O3S/c1-3-24-6-8-25(9-7-24)18-30-31(42)41(32(43)45-30)15-5-4-14-39-16-12-27(13-17-39)38(2)20-33(44,21-40-23-36-22-37-40)28-11-10-26(34)19-29(28)35/h4-11,18-19,22-23,27,44H,3,12-17,20-21H2,1-2H3/b5-4+,30-18?. The lowest BCUT2D eigenvalue weighted by atomic mass is 9.91. The van der Waals surface area contributed by atoms with Crippen LogP contribution in [0.4, 0.5) is 13.6 Å². The molecule has 1 atom stereocenters. The number of thioether (sulfide) groups is 1. The van der Waals surface area contributed by atoms with E-state index in [1.165, 1.54) is 33.9 Å². The van der Waals surface area contributed by atoms with Crippen LogP contribution in [0.25, 0.3) is 6.08 Å². The van der Waals surface area contributed by atoms with E-state index in [0.717, 1.165) is 61.8 Å². The Bertz CT molecular complexity index is 1540. The van der Waals surface area contributed by atoms with Crippen LogP contribution >= 0.6 is 11.8 Å². The molecule has 1 aromatic heterocycles. The lowest BCUT2D eigenvalue weighted by Crippen LogP contribution is -2.50. The van der Waals surface area contributed by atoms with Crippen molar-refractivity contribution < 1.29 is 23.5 Å². The van der Waals surface area contributed by atoms with Crippen molar-refractivity contribution in [1.82, 2.24) is 29.5 Å². The van der Waals surface area contributed by atoms with Gasteiger partial charge in [-0.3, -0.25) is 19.4 Å². The normalized spacial score (nSPS) is 19.0. The van der Waals surface area contributed by atoms with Gasteiger partial charge in [0.25, 0.3) is 11.1 Å². The van der Waals surface area contributed by atoms with Gasteiger partial charge in [0.1, 0.15) is 29.9 Å². The average molecular weight is 637 g/mol. The quantitative estimate of drug-likeness (QED) is 0.226. The molecule has 2 aliphatic heterocycles. The number of hydrogen-bond donors (Lipinski definition) is 1. The van der Waals surface area contributed by atoms with Gasteiger partial charge in [0.2, 0.25) is 0 Å². The number of rotatable bonds is 12. The zero-order valence-electron chi connectivity index (χ0n) is 25.5. The van der Waals surface area contributed by atoms with E-state index in [4.69, 9.17) is 0 Å². The molecule has 3 heterocycles. The predicted octanol–water partition coefficient (Wildman–Crippen LogP) is 4.70. The number of halogens is 2. The monoisotopic (exact) mass is 636 g/mol. The number of aryl methyl sites for hydroxylation is 1. The highest BCUT2D eigenvalue weighted by atomic mass is 32.2. The van der Waals surface area contributed by atoms with E-state index in [0.29, 0.717) is 11.4 Å². The number of carbonyl (C=O) groups excluding carboxylic acids is 2. The van der Waals surface area contributed by atoms with Crippen LogP contribution in [-0.4, -0.2) is 91.5 Å². The Kier molecular flexibility index (Phi) is 10.6. The van der Waals surface area contributed by atoms with Crippen molar-refractivity contribution in [1.29, 1.82) is 0 Å². The van der Waals surface area contributed by atoms with Gasteiger partial charge >= 0.3 is 0 Å². The number of hydrogen-bond acceptors (Lipinski definition) is 8. The average Bonchev–Trinajstić information content (AvgIpc) is 3.62. The molecule has 2 aromatic carbocycles. The maximum absolute atomic E-state index is 14.8. The summed E-state index contributed by atoms with van der Waals surface area (Å²) in [6.45, 7) is 4.70. The largest absolute Gasteiger partial charge is 0.382 e. The van der Waals surface area contributed by atoms with Crippen LogP contribution in [0.15, 0.2) is 72.2 Å². The minimum atomic E-state index is -1.66. The van der Waals surface area contributed by atoms with Crippen molar-refractivity contribution >= 4 is 29.0 Å². The van der Waals surface area contributed by atoms with Crippen LogP contribution in [0.5, 0.6) is 0 Å². The third-order valence-electron chi connectivity index (χ3n) is 8.39. The highest BCUT2D eigenvalue weighted by molar-refractivity contribution is 8.18. The molecule has 0 saturated carbocycles. The molecule has 2 fully saturated rings. The van der Waals surface area contributed by atoms with Crippen LogP contribution in [0.3, 0.4) is 0 Å². The first kappa shape index (κ1) is 32.7. The van der Waals surface area contributed by atoms with Crippen molar-refractivity contribution in [3.8, 4) is 0 Å². The highest BCUT2D eigenvalue weighted by Crippen LogP contribution is 2.32. The Morgan fingerprint density at radius 1 is 1.09 bits per heavy atom. The van der Waals surface area contributed by atoms with Crippen LogP contribution in [0, 0.1) is 11.6 Å². The van der Waals surface area contributed by atoms with Gasteiger partial charge in [-0.25, -0.2) is 18.4 Å². The highest BCUT2D eigenvalue weighted by Gasteiger charge is 2.37. The number of likely N-dealkylation sites (N-methyl/N-ethyl adjacent to an activating group) is 1. The Hall–Kier alpha value is -3.71. The fourth-order valence-corrected chi connectivity index (χ4v) is 6.66. The fraction of sp³-hybridized carbons (Fsp3) is 0.394. The topological polar surface area (TPSA) is 94.8 Å². The number of aromatic nitrogens is 3. The Morgan fingerprint density at radius 2 is 1.82 bits per heavy atom. The molecule has 9 nitrogen and oxygen atoms in total. The number of aliphatic hydroxyl groups is 1. The van der Waals surface area contributed by atoms with Crippen LogP contribution < -0.4 is 0 Å². The van der Waals surface area contributed by atoms with Gasteiger partial charge in [0.05, 0.1) is 11.4 Å². The van der Waals surface area contributed by atoms with E-state index in [9.17, 15) is 23.5 Å². The smallest absolute Gasteiger partial charge is 0.293 e. The number of amides is 2. The van der Waals surface area contributed by atoms with Crippen LogP contribution in [0.1, 0.15) is 36.5 Å². The number of nitrogens with zero attached hydrogens (tertiary/aromatic N) is 6. The van der Waals surface area contributed by atoms with Crippen LogP contribution in [0.2, 0.25) is 0 Å². The summed E-state index contributed by atoms with van der Waals surface area (Å²) in [6.07, 6.45) is 11.0. The predicted molar refractivity (Wildman–Crippen MR) is 170 cm³/mol. The van der Waals surface area contributed by atoms with Gasteiger partial charge in [-0.15, -0.1) is 0 Å². The number of likely N-dealkylation sites (tertiary alicyclic amines) is 1. The van der Waals surface area contributed by atoms with Crippen molar-refractivity contribution in [3.63, 3.8) is 0 Å². The summed E-state index contributed by atoms with van der Waals surface area (Å²) in [6, 6.07) is 11.3. The molecule has 0 radical (unpaired) electrons. The van der Waals surface area contributed by atoms with Gasteiger partial charge in [0, 0.05) is 37.3 Å². The lowest BCUT2D eigenvalue weighted by molar-refractivity contribution is -0.122. The van der Waals surface area contributed by atoms with Crippen molar-refractivity contribution in [3.05, 3.63) is 101 Å². The SMILES string of the molecule is CCc1ccc(C=C2SC(=O)N(C/C=C/CN3CCC(N(C)CC(O)(Cn4cncn4)c4ccc(F)cc4F)CC3)C2=O)cc1. The molecule has 0 spiro atoms. The molecule has 2 aliphatic rings. The number of imide groups is 1. The molecule has 5 rings (SSSR count). The van der Waals surface area contributed by atoms with Crippen molar-refractivity contribution in [2.75, 3.05) is 39.8 Å². The minimum Gasteiger partial charge on any atom is -0.382 e. The summed E-state index contributed by atoms with van der Waals surface area (Å²) < 4.78 is 29.9. The summed E-state index contributed by atoms with van der Waals surface area (Å²) in [5, 5.41) is 15.5. The number of benzene rings is 2. The van der Waals surface area contributed by atoms with E-state index >= 15 is 0 Å². The molecule has 3 aromatic rings. The summed E-state index contributed by atoms with van der Waals surface area (Å²) in [4.78, 5) is 35.3. The van der Waals surface area contributed by atoms with Gasteiger partial charge in [0.15, 0.2) is 0 Å². The maximum atomic E-state index is 14.8. The molecule has 1 N–H and O–H groups in total. The zero-order chi connectivity index (χ0) is 32.0. The van der Waals surface area contributed by atoms with Gasteiger partial charge in [-0.1, -0.05) is 49.4 Å². The molecule has 238 valence electrons. The van der Waals surface area contributed by atoms with Crippen LogP contribution in [-0.2, 0) is 23.4 Å². The molecule has 12 heteroatoms. The molecule has 0 aliphatic carbocycles.